The Kier molecular flexibility index (Phi) is 5.59. The Balaban J connectivity index is 2.25. The fraction of sp³-hybridized carbons (Fsp3) is 0.375. The highest BCUT2D eigenvalue weighted by Crippen LogP contribution is 2.24. The van der Waals surface area contributed by atoms with Crippen LogP contribution in [0.5, 0.6) is 0 Å². The molecule has 0 N–H and O–H groups in total. The Labute approximate surface area is 139 Å². The van der Waals surface area contributed by atoms with E-state index in [4.69, 9.17) is 11.6 Å². The third kappa shape index (κ3) is 4.17. The van der Waals surface area contributed by atoms with Gasteiger partial charge in [-0.2, -0.15) is 0 Å². The van der Waals surface area contributed by atoms with Crippen LogP contribution in [0.1, 0.15) is 30.3 Å². The fourth-order valence-electron chi connectivity index (χ4n) is 2.17. The molecule has 0 radical (unpaired) electrons. The van der Waals surface area contributed by atoms with Gasteiger partial charge >= 0.3 is 0 Å². The Bertz CT molecular complexity index is 614. The van der Waals surface area contributed by atoms with Crippen molar-refractivity contribution in [1.29, 1.82) is 0 Å². The van der Waals surface area contributed by atoms with Crippen LogP contribution < -0.4 is 4.90 Å². The van der Waals surface area contributed by atoms with Crippen LogP contribution in [0.15, 0.2) is 28.7 Å². The third-order valence-electron chi connectivity index (χ3n) is 3.28. The Morgan fingerprint density at radius 2 is 1.86 bits per heavy atom. The number of anilines is 1. The molecule has 1 aromatic carbocycles. The highest BCUT2D eigenvalue weighted by molar-refractivity contribution is 9.10. The molecule has 21 heavy (non-hydrogen) atoms. The van der Waals surface area contributed by atoms with Gasteiger partial charge in [-0.25, -0.2) is 9.97 Å². The number of aromatic nitrogens is 2. The molecule has 2 rings (SSSR count). The predicted octanol–water partition coefficient (Wildman–Crippen LogP) is 4.79. The van der Waals surface area contributed by atoms with Gasteiger partial charge in [-0.1, -0.05) is 46.6 Å². The van der Waals surface area contributed by atoms with E-state index >= 15 is 0 Å². The minimum Gasteiger partial charge on any atom is -0.355 e. The molecule has 0 spiro atoms. The lowest BCUT2D eigenvalue weighted by atomic mass is 10.2. The minimum absolute atomic E-state index is 0.547. The van der Waals surface area contributed by atoms with Crippen LogP contribution in [0.2, 0.25) is 5.15 Å². The van der Waals surface area contributed by atoms with Crippen molar-refractivity contribution in [2.45, 2.75) is 33.2 Å². The summed E-state index contributed by atoms with van der Waals surface area (Å²) in [6.07, 6.45) is 1.86. The molecule has 0 amide bonds. The standard InChI is InChI=1S/C16H19BrClN3/c1-4-5-14-19-15(18)11(2)16(20-14)21(3)10-12-6-8-13(17)9-7-12/h6-9H,4-5,10H2,1-3H3. The van der Waals surface area contributed by atoms with E-state index in [2.05, 4.69) is 49.9 Å². The first-order valence-electron chi connectivity index (χ1n) is 7.00. The molecule has 0 fully saturated rings. The molecule has 0 aliphatic heterocycles. The molecule has 112 valence electrons. The molecular weight excluding hydrogens is 350 g/mol. The largest absolute Gasteiger partial charge is 0.355 e. The van der Waals surface area contributed by atoms with Crippen LogP contribution >= 0.6 is 27.5 Å². The first kappa shape index (κ1) is 16.2. The zero-order valence-corrected chi connectivity index (χ0v) is 14.9. The maximum absolute atomic E-state index is 6.24. The van der Waals surface area contributed by atoms with Crippen molar-refractivity contribution in [3.05, 3.63) is 50.8 Å². The smallest absolute Gasteiger partial charge is 0.137 e. The average molecular weight is 369 g/mol. The molecule has 3 nitrogen and oxygen atoms in total. The molecule has 1 aromatic heterocycles. The number of hydrogen-bond acceptors (Lipinski definition) is 3. The lowest BCUT2D eigenvalue weighted by molar-refractivity contribution is 0.806. The van der Waals surface area contributed by atoms with Crippen LogP contribution in [0.3, 0.4) is 0 Å². The van der Waals surface area contributed by atoms with Crippen molar-refractivity contribution < 1.29 is 0 Å². The van der Waals surface area contributed by atoms with Crippen molar-refractivity contribution in [2.24, 2.45) is 0 Å². The SMILES string of the molecule is CCCc1nc(Cl)c(C)c(N(C)Cc2ccc(Br)cc2)n1. The Morgan fingerprint density at radius 1 is 1.19 bits per heavy atom. The number of nitrogens with zero attached hydrogens (tertiary/aromatic N) is 3. The first-order chi connectivity index (χ1) is 10.0. The predicted molar refractivity (Wildman–Crippen MR) is 92.0 cm³/mol. The molecule has 0 saturated heterocycles. The van der Waals surface area contributed by atoms with Crippen molar-refractivity contribution in [1.82, 2.24) is 9.97 Å². The van der Waals surface area contributed by atoms with E-state index < -0.39 is 0 Å². The molecule has 2 aromatic rings. The second kappa shape index (κ2) is 7.23. The van der Waals surface area contributed by atoms with Crippen LogP contribution in [-0.2, 0) is 13.0 Å². The molecule has 0 aliphatic rings. The van der Waals surface area contributed by atoms with Gasteiger partial charge in [-0.15, -0.1) is 0 Å². The summed E-state index contributed by atoms with van der Waals surface area (Å²) in [6.45, 7) is 4.86. The summed E-state index contributed by atoms with van der Waals surface area (Å²) in [4.78, 5) is 11.1. The average Bonchev–Trinajstić information content (AvgIpc) is 2.45. The molecule has 0 aliphatic carbocycles. The van der Waals surface area contributed by atoms with E-state index in [1.54, 1.807) is 0 Å². The highest BCUT2D eigenvalue weighted by atomic mass is 79.9. The van der Waals surface area contributed by atoms with E-state index in [1.165, 1.54) is 5.56 Å². The first-order valence-corrected chi connectivity index (χ1v) is 8.17. The summed E-state index contributed by atoms with van der Waals surface area (Å²) in [5.41, 5.74) is 2.16. The lowest BCUT2D eigenvalue weighted by Crippen LogP contribution is -2.20. The van der Waals surface area contributed by atoms with Gasteiger partial charge in [0.25, 0.3) is 0 Å². The number of halogens is 2. The van der Waals surface area contributed by atoms with Gasteiger partial charge in [0.05, 0.1) is 0 Å². The number of hydrogen-bond donors (Lipinski definition) is 0. The molecule has 0 saturated carbocycles. The molecule has 1 heterocycles. The Morgan fingerprint density at radius 3 is 2.48 bits per heavy atom. The van der Waals surface area contributed by atoms with Crippen LogP contribution in [-0.4, -0.2) is 17.0 Å². The maximum atomic E-state index is 6.24. The summed E-state index contributed by atoms with van der Waals surface area (Å²) in [5.74, 6) is 1.71. The van der Waals surface area contributed by atoms with Gasteiger partial charge < -0.3 is 4.90 Å². The summed E-state index contributed by atoms with van der Waals surface area (Å²) in [7, 11) is 2.03. The second-order valence-electron chi connectivity index (χ2n) is 5.11. The summed E-state index contributed by atoms with van der Waals surface area (Å²) in [5, 5.41) is 0.547. The zero-order valence-electron chi connectivity index (χ0n) is 12.5. The molecule has 0 bridgehead atoms. The van der Waals surface area contributed by atoms with Crippen molar-refractivity contribution in [2.75, 3.05) is 11.9 Å². The van der Waals surface area contributed by atoms with Crippen molar-refractivity contribution in [3.63, 3.8) is 0 Å². The van der Waals surface area contributed by atoms with E-state index in [0.717, 1.165) is 41.1 Å². The molecule has 5 heteroatoms. The number of aryl methyl sites for hydroxylation is 1. The van der Waals surface area contributed by atoms with Gasteiger partial charge in [0.1, 0.15) is 16.8 Å². The van der Waals surface area contributed by atoms with E-state index in [9.17, 15) is 0 Å². The van der Waals surface area contributed by atoms with Crippen LogP contribution in [0.25, 0.3) is 0 Å². The molecular formula is C16H19BrClN3. The van der Waals surface area contributed by atoms with Crippen molar-refractivity contribution in [3.8, 4) is 0 Å². The summed E-state index contributed by atoms with van der Waals surface area (Å²) < 4.78 is 1.08. The lowest BCUT2D eigenvalue weighted by Gasteiger charge is -2.21. The summed E-state index contributed by atoms with van der Waals surface area (Å²) in [6, 6.07) is 8.30. The van der Waals surface area contributed by atoms with E-state index in [-0.39, 0.29) is 0 Å². The zero-order chi connectivity index (χ0) is 15.4. The normalized spacial score (nSPS) is 10.7. The number of benzene rings is 1. The topological polar surface area (TPSA) is 29.0 Å². The van der Waals surface area contributed by atoms with Gasteiger partial charge in [0.2, 0.25) is 0 Å². The monoisotopic (exact) mass is 367 g/mol. The quantitative estimate of drug-likeness (QED) is 0.711. The van der Waals surface area contributed by atoms with Gasteiger partial charge in [0, 0.05) is 30.0 Å². The van der Waals surface area contributed by atoms with E-state index in [0.29, 0.717) is 5.15 Å². The van der Waals surface area contributed by atoms with Gasteiger partial charge in [-0.05, 0) is 31.0 Å². The maximum Gasteiger partial charge on any atom is 0.137 e. The summed E-state index contributed by atoms with van der Waals surface area (Å²) >= 11 is 9.69. The highest BCUT2D eigenvalue weighted by Gasteiger charge is 2.13. The molecule has 0 unspecified atom stereocenters. The van der Waals surface area contributed by atoms with Gasteiger partial charge in [-0.3, -0.25) is 0 Å². The van der Waals surface area contributed by atoms with Crippen molar-refractivity contribution >= 4 is 33.3 Å². The van der Waals surface area contributed by atoms with Crippen LogP contribution in [0.4, 0.5) is 5.82 Å². The fourth-order valence-corrected chi connectivity index (χ4v) is 2.61. The molecule has 0 atom stereocenters. The van der Waals surface area contributed by atoms with Crippen LogP contribution in [0, 0.1) is 6.92 Å². The second-order valence-corrected chi connectivity index (χ2v) is 6.39. The Hall–Kier alpha value is -1.13. The third-order valence-corrected chi connectivity index (χ3v) is 4.17. The van der Waals surface area contributed by atoms with Gasteiger partial charge in [0.15, 0.2) is 0 Å². The minimum atomic E-state index is 0.547. The number of rotatable bonds is 5. The van der Waals surface area contributed by atoms with E-state index in [1.807, 2.05) is 26.1 Å².